The molecule has 0 saturated carbocycles. The zero-order chi connectivity index (χ0) is 13.3. The van der Waals surface area contributed by atoms with Gasteiger partial charge in [0.05, 0.1) is 12.1 Å². The van der Waals surface area contributed by atoms with Crippen LogP contribution in [-0.2, 0) is 5.54 Å². The van der Waals surface area contributed by atoms with Crippen molar-refractivity contribution in [3.05, 3.63) is 29.8 Å². The Labute approximate surface area is 162 Å². The van der Waals surface area contributed by atoms with Gasteiger partial charge in [-0.05, 0) is 44.4 Å². The first-order chi connectivity index (χ1) is 8.41. The predicted molar refractivity (Wildman–Crippen MR) is 64.4 cm³/mol. The van der Waals surface area contributed by atoms with E-state index in [0.29, 0.717) is 11.3 Å². The number of aliphatic imine (C=N–C) groups is 2. The second-order valence-electron chi connectivity index (χ2n) is 4.57. The number of benzene rings is 1. The van der Waals surface area contributed by atoms with E-state index in [1.54, 1.807) is 31.2 Å². The minimum absolute atomic E-state index is 0. The van der Waals surface area contributed by atoms with Crippen LogP contribution < -0.4 is 74.1 Å². The van der Waals surface area contributed by atoms with Gasteiger partial charge in [-0.2, -0.15) is 0 Å². The molecule has 1 aliphatic heterocycles. The molecule has 0 aromatic heterocycles. The van der Waals surface area contributed by atoms with Gasteiger partial charge in [-0.1, -0.05) is 12.1 Å². The van der Waals surface area contributed by atoms with E-state index in [9.17, 15) is 10.2 Å². The Morgan fingerprint density at radius 3 is 2.05 bits per heavy atom. The summed E-state index contributed by atoms with van der Waals surface area (Å²) in [5, 5.41) is 22.7. The smallest absolute Gasteiger partial charge is 0.860 e. The molecule has 5 nitrogen and oxygen atoms in total. The average molecular weight is 292 g/mol. The van der Waals surface area contributed by atoms with Crippen molar-refractivity contribution in [2.24, 2.45) is 9.98 Å². The van der Waals surface area contributed by atoms with Crippen molar-refractivity contribution in [2.75, 3.05) is 0 Å². The third-order valence-electron chi connectivity index (χ3n) is 2.72. The number of amidine groups is 1. The van der Waals surface area contributed by atoms with Crippen molar-refractivity contribution in [1.29, 1.82) is 0 Å². The molecule has 1 aliphatic rings. The summed E-state index contributed by atoms with van der Waals surface area (Å²) in [6.07, 6.45) is 0.0841. The zero-order valence-electron chi connectivity index (χ0n) is 12.5. The van der Waals surface area contributed by atoms with Crippen molar-refractivity contribution >= 4 is 11.9 Å². The standard InChI is InChI=1S/C13H16N2O3.2Na/c1-8(2)18-10-6-4-9(5-7-10)13(3)11(16)14-12(17)15-13;;/h4-8H,1-3H3,(H2,14,15,16,17);;/q;2*+1/p-2. The van der Waals surface area contributed by atoms with Crippen LogP contribution in [0.3, 0.4) is 0 Å². The fraction of sp³-hybridized carbons (Fsp3) is 0.385. The van der Waals surface area contributed by atoms with Crippen LogP contribution in [0.15, 0.2) is 34.3 Å². The van der Waals surface area contributed by atoms with Gasteiger partial charge < -0.3 is 14.9 Å². The van der Waals surface area contributed by atoms with Crippen molar-refractivity contribution in [3.8, 4) is 5.75 Å². The van der Waals surface area contributed by atoms with Crippen molar-refractivity contribution < 1.29 is 74.1 Å². The Morgan fingerprint density at radius 2 is 1.65 bits per heavy atom. The van der Waals surface area contributed by atoms with E-state index in [0.717, 1.165) is 0 Å². The number of hydrogen-bond donors (Lipinski definition) is 0. The minimum Gasteiger partial charge on any atom is -0.860 e. The maximum absolute atomic E-state index is 11.7. The summed E-state index contributed by atoms with van der Waals surface area (Å²) in [6, 6.07) is 6.25. The summed E-state index contributed by atoms with van der Waals surface area (Å²) in [7, 11) is 0. The molecule has 1 aromatic rings. The summed E-state index contributed by atoms with van der Waals surface area (Å²) in [6.45, 7) is 5.45. The Balaban J connectivity index is 0.00000180. The molecule has 1 unspecified atom stereocenters. The summed E-state index contributed by atoms with van der Waals surface area (Å²) in [5.74, 6) is 0.191. The van der Waals surface area contributed by atoms with E-state index >= 15 is 0 Å². The largest absolute Gasteiger partial charge is 1.00 e. The van der Waals surface area contributed by atoms with Crippen LogP contribution in [0.1, 0.15) is 26.3 Å². The number of hydrogen-bond acceptors (Lipinski definition) is 5. The second kappa shape index (κ2) is 7.82. The van der Waals surface area contributed by atoms with Gasteiger partial charge in [0, 0.05) is 0 Å². The number of rotatable bonds is 3. The molecule has 96 valence electrons. The summed E-state index contributed by atoms with van der Waals surface area (Å²) < 4.78 is 5.51. The first kappa shape index (κ1) is 20.0. The molecule has 20 heavy (non-hydrogen) atoms. The van der Waals surface area contributed by atoms with Gasteiger partial charge in [-0.25, -0.2) is 0 Å². The van der Waals surface area contributed by atoms with Crippen LogP contribution in [0.25, 0.3) is 0 Å². The molecule has 1 atom stereocenters. The van der Waals surface area contributed by atoms with E-state index in [1.807, 2.05) is 13.8 Å². The Hall–Kier alpha value is -0.0400. The van der Waals surface area contributed by atoms with Crippen LogP contribution in [0.5, 0.6) is 5.75 Å². The van der Waals surface area contributed by atoms with Gasteiger partial charge in [-0.3, -0.25) is 9.98 Å². The molecule has 0 amide bonds. The SMILES string of the molecule is CC(C)Oc1ccc(C2(C)N=C([O-])N=C2[O-])cc1.[Na+].[Na+]. The minimum atomic E-state index is -1.19. The van der Waals surface area contributed by atoms with Gasteiger partial charge in [0.15, 0.2) is 0 Å². The van der Waals surface area contributed by atoms with Crippen molar-refractivity contribution in [2.45, 2.75) is 32.4 Å². The van der Waals surface area contributed by atoms with Gasteiger partial charge in [-0.15, -0.1) is 0 Å². The summed E-state index contributed by atoms with van der Waals surface area (Å²) in [4.78, 5) is 7.08. The molecular weight excluding hydrogens is 278 g/mol. The van der Waals surface area contributed by atoms with E-state index in [2.05, 4.69) is 9.98 Å². The number of nitrogens with zero attached hydrogens (tertiary/aromatic N) is 2. The third-order valence-corrected chi connectivity index (χ3v) is 2.72. The van der Waals surface area contributed by atoms with Gasteiger partial charge in [0.1, 0.15) is 11.3 Å². The van der Waals surface area contributed by atoms with Crippen LogP contribution in [0.2, 0.25) is 0 Å². The van der Waals surface area contributed by atoms with Crippen molar-refractivity contribution in [3.63, 3.8) is 0 Å². The molecule has 0 bridgehead atoms. The van der Waals surface area contributed by atoms with E-state index in [4.69, 9.17) is 4.74 Å². The van der Waals surface area contributed by atoms with Gasteiger partial charge in [0.2, 0.25) is 0 Å². The van der Waals surface area contributed by atoms with Crippen LogP contribution >= 0.6 is 0 Å². The van der Waals surface area contributed by atoms with E-state index in [-0.39, 0.29) is 65.2 Å². The molecule has 7 heteroatoms. The predicted octanol–water partition coefficient (Wildman–Crippen LogP) is -5.81. The maximum Gasteiger partial charge on any atom is 1.00 e. The number of ether oxygens (including phenoxy) is 1. The molecule has 0 fully saturated rings. The molecule has 1 aromatic carbocycles. The molecule has 2 rings (SSSR count). The fourth-order valence-corrected chi connectivity index (χ4v) is 1.78. The molecule has 0 saturated heterocycles. The third kappa shape index (κ3) is 4.23. The average Bonchev–Trinajstić information content (AvgIpc) is 2.53. The topological polar surface area (TPSA) is 80.1 Å². The summed E-state index contributed by atoms with van der Waals surface area (Å²) >= 11 is 0. The van der Waals surface area contributed by atoms with Gasteiger partial charge in [0.25, 0.3) is 0 Å². The molecule has 0 aliphatic carbocycles. The summed E-state index contributed by atoms with van der Waals surface area (Å²) in [5.41, 5.74) is -0.550. The van der Waals surface area contributed by atoms with E-state index < -0.39 is 17.5 Å². The normalized spacial score (nSPS) is 20.6. The molecule has 1 heterocycles. The Kier molecular flexibility index (Phi) is 7.81. The van der Waals surface area contributed by atoms with Crippen molar-refractivity contribution in [1.82, 2.24) is 0 Å². The molecule has 0 N–H and O–H groups in total. The Bertz CT molecular complexity index is 515. The zero-order valence-corrected chi connectivity index (χ0v) is 16.5. The van der Waals surface area contributed by atoms with Crippen LogP contribution in [0.4, 0.5) is 0 Å². The van der Waals surface area contributed by atoms with Crippen LogP contribution in [0, 0.1) is 0 Å². The van der Waals surface area contributed by atoms with E-state index in [1.165, 1.54) is 0 Å². The second-order valence-corrected chi connectivity index (χ2v) is 4.57. The Morgan fingerprint density at radius 1 is 1.10 bits per heavy atom. The first-order valence-electron chi connectivity index (χ1n) is 5.72. The molecule has 0 radical (unpaired) electrons. The fourth-order valence-electron chi connectivity index (χ4n) is 1.78. The molecular formula is C13H14N2Na2O3. The molecule has 0 spiro atoms. The quantitative estimate of drug-likeness (QED) is 0.521. The maximum atomic E-state index is 11.7. The van der Waals surface area contributed by atoms with Crippen LogP contribution in [-0.4, -0.2) is 18.0 Å². The first-order valence-corrected chi connectivity index (χ1v) is 5.72. The van der Waals surface area contributed by atoms with Gasteiger partial charge >= 0.3 is 59.1 Å². The monoisotopic (exact) mass is 292 g/mol.